The number of phenolic OH excluding ortho intramolecular Hbond substituents is 3. The smallest absolute Gasteiger partial charge is 0.204 e. The summed E-state index contributed by atoms with van der Waals surface area (Å²) < 4.78 is 10.9. The second kappa shape index (κ2) is 5.44. The molecule has 6 heteroatoms. The fourth-order valence-electron chi connectivity index (χ4n) is 2.89. The molecule has 1 aromatic heterocycles. The maximum Gasteiger partial charge on any atom is 0.204 e. The SMILES string of the molecule is C=CC(C)(C)c1c(OC)cc2oc3c(O)c(O)ccc3c(=O)c2c1O. The molecular formula is C19H18O6. The number of hydrogen-bond donors (Lipinski definition) is 3. The number of benzene rings is 2. The van der Waals surface area contributed by atoms with Gasteiger partial charge in [-0.05, 0) is 12.1 Å². The minimum atomic E-state index is -0.665. The highest BCUT2D eigenvalue weighted by Gasteiger charge is 2.29. The normalized spacial score (nSPS) is 11.8. The van der Waals surface area contributed by atoms with Crippen LogP contribution in [0.2, 0.25) is 0 Å². The summed E-state index contributed by atoms with van der Waals surface area (Å²) in [4.78, 5) is 12.9. The first-order valence-electron chi connectivity index (χ1n) is 7.58. The summed E-state index contributed by atoms with van der Waals surface area (Å²) >= 11 is 0. The fraction of sp³-hybridized carbons (Fsp3) is 0.211. The molecule has 0 fully saturated rings. The maximum atomic E-state index is 12.9. The van der Waals surface area contributed by atoms with Gasteiger partial charge in [0.05, 0.1) is 12.5 Å². The molecule has 25 heavy (non-hydrogen) atoms. The first kappa shape index (κ1) is 16.7. The minimum absolute atomic E-state index is 0.0247. The third-order valence-corrected chi connectivity index (χ3v) is 4.40. The predicted molar refractivity (Wildman–Crippen MR) is 94.8 cm³/mol. The number of hydrogen-bond acceptors (Lipinski definition) is 6. The highest BCUT2D eigenvalue weighted by atomic mass is 16.5. The van der Waals surface area contributed by atoms with Crippen molar-refractivity contribution in [3.05, 3.63) is 46.6 Å². The number of phenols is 3. The van der Waals surface area contributed by atoms with E-state index in [0.717, 1.165) is 0 Å². The average molecular weight is 342 g/mol. The van der Waals surface area contributed by atoms with Gasteiger partial charge in [-0.25, -0.2) is 0 Å². The molecule has 0 amide bonds. The van der Waals surface area contributed by atoms with Gasteiger partial charge in [0, 0.05) is 17.0 Å². The third-order valence-electron chi connectivity index (χ3n) is 4.40. The first-order valence-corrected chi connectivity index (χ1v) is 7.58. The molecule has 130 valence electrons. The average Bonchev–Trinajstić information content (AvgIpc) is 2.57. The standard InChI is InChI=1S/C19H18O6/c1-5-19(2,3)14-12(24-4)8-11-13(17(14)23)15(21)9-6-7-10(20)16(22)18(9)25-11/h5-8,20,22-23H,1H2,2-4H3. The molecule has 6 nitrogen and oxygen atoms in total. The summed E-state index contributed by atoms with van der Waals surface area (Å²) in [5.74, 6) is -0.888. The van der Waals surface area contributed by atoms with Gasteiger partial charge in [0.2, 0.25) is 11.2 Å². The number of methoxy groups -OCH3 is 1. The van der Waals surface area contributed by atoms with Gasteiger partial charge in [-0.15, -0.1) is 6.58 Å². The predicted octanol–water partition coefficient (Wildman–Crippen LogP) is 3.54. The molecule has 0 bridgehead atoms. The van der Waals surface area contributed by atoms with E-state index in [4.69, 9.17) is 9.15 Å². The van der Waals surface area contributed by atoms with E-state index in [9.17, 15) is 20.1 Å². The lowest BCUT2D eigenvalue weighted by molar-refractivity contribution is 0.388. The van der Waals surface area contributed by atoms with Crippen LogP contribution in [0, 0.1) is 0 Å². The molecule has 3 rings (SSSR count). The Morgan fingerprint density at radius 1 is 1.20 bits per heavy atom. The van der Waals surface area contributed by atoms with Crippen LogP contribution >= 0.6 is 0 Å². The quantitative estimate of drug-likeness (QED) is 0.382. The molecule has 3 aromatic rings. The highest BCUT2D eigenvalue weighted by molar-refractivity contribution is 5.97. The summed E-state index contributed by atoms with van der Waals surface area (Å²) in [7, 11) is 1.44. The molecule has 0 radical (unpaired) electrons. The van der Waals surface area contributed by atoms with Crippen LogP contribution in [0.1, 0.15) is 19.4 Å². The molecule has 0 unspecified atom stereocenters. The molecule has 0 saturated heterocycles. The number of allylic oxidation sites excluding steroid dienone is 1. The van der Waals surface area contributed by atoms with E-state index in [1.807, 2.05) is 13.8 Å². The van der Waals surface area contributed by atoms with Crippen LogP contribution in [0.5, 0.6) is 23.0 Å². The molecule has 1 heterocycles. The van der Waals surface area contributed by atoms with Crippen molar-refractivity contribution in [3.63, 3.8) is 0 Å². The van der Waals surface area contributed by atoms with E-state index in [2.05, 4.69) is 6.58 Å². The van der Waals surface area contributed by atoms with Gasteiger partial charge in [0.15, 0.2) is 11.3 Å². The lowest BCUT2D eigenvalue weighted by Gasteiger charge is -2.24. The van der Waals surface area contributed by atoms with Crippen molar-refractivity contribution in [1.82, 2.24) is 0 Å². The Hall–Kier alpha value is -3.15. The van der Waals surface area contributed by atoms with Gasteiger partial charge in [-0.3, -0.25) is 4.79 Å². The fourth-order valence-corrected chi connectivity index (χ4v) is 2.89. The van der Waals surface area contributed by atoms with Gasteiger partial charge >= 0.3 is 0 Å². The zero-order chi connectivity index (χ0) is 18.5. The highest BCUT2D eigenvalue weighted by Crippen LogP contribution is 2.44. The molecule has 0 spiro atoms. The molecule has 0 aliphatic rings. The van der Waals surface area contributed by atoms with E-state index in [0.29, 0.717) is 11.3 Å². The number of ether oxygens (including phenoxy) is 1. The molecule has 2 aromatic carbocycles. The Balaban J connectivity index is 2.58. The van der Waals surface area contributed by atoms with Gasteiger partial charge < -0.3 is 24.5 Å². The lowest BCUT2D eigenvalue weighted by atomic mass is 9.82. The summed E-state index contributed by atoms with van der Waals surface area (Å²) in [6, 6.07) is 3.99. The second-order valence-corrected chi connectivity index (χ2v) is 6.34. The van der Waals surface area contributed by atoms with E-state index in [-0.39, 0.29) is 27.7 Å². The van der Waals surface area contributed by atoms with E-state index >= 15 is 0 Å². The Kier molecular flexibility index (Phi) is 3.64. The van der Waals surface area contributed by atoms with Crippen molar-refractivity contribution in [1.29, 1.82) is 0 Å². The Labute approximate surface area is 143 Å². The number of rotatable bonds is 3. The van der Waals surface area contributed by atoms with Crippen LogP contribution in [-0.2, 0) is 5.41 Å². The van der Waals surface area contributed by atoms with Crippen LogP contribution in [0.25, 0.3) is 21.9 Å². The van der Waals surface area contributed by atoms with Crippen molar-refractivity contribution in [2.75, 3.05) is 7.11 Å². The third kappa shape index (κ3) is 2.29. The first-order chi connectivity index (χ1) is 11.7. The summed E-state index contributed by atoms with van der Waals surface area (Å²) in [5.41, 5.74) is -0.895. The molecule has 0 saturated carbocycles. The molecule has 0 aliphatic heterocycles. The zero-order valence-corrected chi connectivity index (χ0v) is 14.1. The van der Waals surface area contributed by atoms with Gasteiger partial charge in [0.25, 0.3) is 0 Å². The zero-order valence-electron chi connectivity index (χ0n) is 14.1. The van der Waals surface area contributed by atoms with Crippen LogP contribution in [0.4, 0.5) is 0 Å². The van der Waals surface area contributed by atoms with Gasteiger partial charge in [-0.1, -0.05) is 19.9 Å². The topological polar surface area (TPSA) is 100 Å². The van der Waals surface area contributed by atoms with Crippen LogP contribution in [-0.4, -0.2) is 22.4 Å². The largest absolute Gasteiger partial charge is 0.507 e. The van der Waals surface area contributed by atoms with Crippen molar-refractivity contribution in [3.8, 4) is 23.0 Å². The Morgan fingerprint density at radius 3 is 2.48 bits per heavy atom. The maximum absolute atomic E-state index is 12.9. The molecule has 0 aliphatic carbocycles. The molecule has 0 atom stereocenters. The van der Waals surface area contributed by atoms with E-state index in [1.165, 1.54) is 25.3 Å². The summed E-state index contributed by atoms with van der Waals surface area (Å²) in [5, 5.41) is 30.4. The van der Waals surface area contributed by atoms with Gasteiger partial charge in [0.1, 0.15) is 22.5 Å². The molecular weight excluding hydrogens is 324 g/mol. The van der Waals surface area contributed by atoms with Crippen molar-refractivity contribution >= 4 is 21.9 Å². The van der Waals surface area contributed by atoms with Crippen molar-refractivity contribution < 1.29 is 24.5 Å². The van der Waals surface area contributed by atoms with Crippen molar-refractivity contribution in [2.24, 2.45) is 0 Å². The Morgan fingerprint density at radius 2 is 1.88 bits per heavy atom. The van der Waals surface area contributed by atoms with Crippen LogP contribution in [0.15, 0.2) is 40.1 Å². The van der Waals surface area contributed by atoms with Crippen LogP contribution < -0.4 is 10.2 Å². The monoisotopic (exact) mass is 342 g/mol. The molecule has 3 N–H and O–H groups in total. The minimum Gasteiger partial charge on any atom is -0.507 e. The van der Waals surface area contributed by atoms with Crippen molar-refractivity contribution in [2.45, 2.75) is 19.3 Å². The number of fused-ring (bicyclic) bond motifs is 2. The summed E-state index contributed by atoms with van der Waals surface area (Å²) in [6.07, 6.45) is 1.64. The lowest BCUT2D eigenvalue weighted by Crippen LogP contribution is -2.16. The van der Waals surface area contributed by atoms with E-state index in [1.54, 1.807) is 6.08 Å². The summed E-state index contributed by atoms with van der Waals surface area (Å²) in [6.45, 7) is 7.43. The number of aromatic hydroxyl groups is 3. The second-order valence-electron chi connectivity index (χ2n) is 6.34. The Bertz CT molecular complexity index is 1080. The van der Waals surface area contributed by atoms with Gasteiger partial charge in [-0.2, -0.15) is 0 Å². The van der Waals surface area contributed by atoms with Crippen LogP contribution in [0.3, 0.4) is 0 Å². The van der Waals surface area contributed by atoms with E-state index < -0.39 is 22.3 Å².